The number of rotatable bonds is 3. The zero-order valence-electron chi connectivity index (χ0n) is 12.4. The van der Waals surface area contributed by atoms with Crippen molar-refractivity contribution in [1.82, 2.24) is 4.90 Å². The van der Waals surface area contributed by atoms with E-state index in [1.807, 2.05) is 25.1 Å². The molecule has 0 saturated carbocycles. The average molecular weight is 305 g/mol. The molecule has 2 aliphatic rings. The lowest BCUT2D eigenvalue weighted by Gasteiger charge is -2.20. The van der Waals surface area contributed by atoms with E-state index in [9.17, 15) is 9.59 Å². The Kier molecular flexibility index (Phi) is 3.92. The standard InChI is InChI=1S/C16H19NO5/c1-10-8-17(9-12(10)16(19)20)15(18)7-11-2-3-13-14(6-11)22-5-4-21-13/h2-3,6,10,12H,4-5,7-9H2,1H3,(H,19,20)/t10-,12-/m1/s1. The molecule has 0 radical (unpaired) electrons. The number of fused-ring (bicyclic) bond motifs is 1. The number of hydrogen-bond donors (Lipinski definition) is 1. The quantitative estimate of drug-likeness (QED) is 0.907. The number of benzene rings is 1. The minimum atomic E-state index is -0.831. The zero-order chi connectivity index (χ0) is 15.7. The topological polar surface area (TPSA) is 76.1 Å². The number of carboxylic acids is 1. The zero-order valence-corrected chi connectivity index (χ0v) is 12.4. The molecule has 22 heavy (non-hydrogen) atoms. The smallest absolute Gasteiger partial charge is 0.308 e. The molecule has 6 nitrogen and oxygen atoms in total. The lowest BCUT2D eigenvalue weighted by atomic mass is 9.99. The molecule has 2 atom stereocenters. The van der Waals surface area contributed by atoms with Crippen LogP contribution in [-0.4, -0.2) is 48.2 Å². The van der Waals surface area contributed by atoms with E-state index in [1.54, 1.807) is 4.90 Å². The molecule has 0 bridgehead atoms. The van der Waals surface area contributed by atoms with Crippen molar-refractivity contribution in [2.45, 2.75) is 13.3 Å². The Bertz CT molecular complexity index is 600. The first-order chi connectivity index (χ1) is 10.5. The minimum Gasteiger partial charge on any atom is -0.486 e. The summed E-state index contributed by atoms with van der Waals surface area (Å²) in [6.45, 7) is 3.71. The normalized spacial score (nSPS) is 23.4. The molecule has 2 aliphatic heterocycles. The van der Waals surface area contributed by atoms with E-state index in [0.717, 1.165) is 5.56 Å². The van der Waals surface area contributed by atoms with Crippen molar-refractivity contribution < 1.29 is 24.2 Å². The van der Waals surface area contributed by atoms with Crippen LogP contribution in [0.15, 0.2) is 18.2 Å². The van der Waals surface area contributed by atoms with Gasteiger partial charge in [-0.15, -0.1) is 0 Å². The molecule has 1 amide bonds. The number of carboxylic acid groups (broad SMARTS) is 1. The summed E-state index contributed by atoms with van der Waals surface area (Å²) in [5.41, 5.74) is 0.848. The van der Waals surface area contributed by atoms with Gasteiger partial charge < -0.3 is 19.5 Å². The third-order valence-corrected chi connectivity index (χ3v) is 4.24. The van der Waals surface area contributed by atoms with E-state index in [-0.39, 0.29) is 18.2 Å². The minimum absolute atomic E-state index is 0.0123. The molecule has 0 aliphatic carbocycles. The first-order valence-corrected chi connectivity index (χ1v) is 7.43. The first-order valence-electron chi connectivity index (χ1n) is 7.43. The van der Waals surface area contributed by atoms with Crippen molar-refractivity contribution >= 4 is 11.9 Å². The highest BCUT2D eigenvalue weighted by Crippen LogP contribution is 2.31. The summed E-state index contributed by atoms with van der Waals surface area (Å²) in [6.07, 6.45) is 0.246. The molecule has 6 heteroatoms. The maximum atomic E-state index is 12.4. The molecule has 1 saturated heterocycles. The lowest BCUT2D eigenvalue weighted by Crippen LogP contribution is -2.31. The van der Waals surface area contributed by atoms with E-state index in [1.165, 1.54) is 0 Å². The van der Waals surface area contributed by atoms with Gasteiger partial charge in [0.2, 0.25) is 5.91 Å². The van der Waals surface area contributed by atoms with Gasteiger partial charge >= 0.3 is 5.97 Å². The van der Waals surface area contributed by atoms with E-state index in [2.05, 4.69) is 0 Å². The SMILES string of the molecule is C[C@@H]1CN(C(=O)Cc2ccc3c(c2)OCCO3)C[C@H]1C(=O)O. The highest BCUT2D eigenvalue weighted by atomic mass is 16.6. The van der Waals surface area contributed by atoms with E-state index in [0.29, 0.717) is 37.8 Å². The summed E-state index contributed by atoms with van der Waals surface area (Å²) in [5.74, 6) is -0.00160. The van der Waals surface area contributed by atoms with Crippen molar-refractivity contribution in [2.75, 3.05) is 26.3 Å². The highest BCUT2D eigenvalue weighted by Gasteiger charge is 2.36. The van der Waals surface area contributed by atoms with Gasteiger partial charge in [0, 0.05) is 13.1 Å². The van der Waals surface area contributed by atoms with Gasteiger partial charge in [0.1, 0.15) is 13.2 Å². The van der Waals surface area contributed by atoms with Gasteiger partial charge in [0.15, 0.2) is 11.5 Å². The second-order valence-corrected chi connectivity index (χ2v) is 5.88. The van der Waals surface area contributed by atoms with Crippen LogP contribution in [0.25, 0.3) is 0 Å². The number of nitrogens with zero attached hydrogens (tertiary/aromatic N) is 1. The predicted octanol–water partition coefficient (Wildman–Crippen LogP) is 1.18. The third-order valence-electron chi connectivity index (χ3n) is 4.24. The van der Waals surface area contributed by atoms with Crippen molar-refractivity contribution in [3.8, 4) is 11.5 Å². The van der Waals surface area contributed by atoms with Gasteiger partial charge in [0.25, 0.3) is 0 Å². The van der Waals surface area contributed by atoms with Gasteiger partial charge in [-0.05, 0) is 23.6 Å². The van der Waals surface area contributed by atoms with Crippen LogP contribution < -0.4 is 9.47 Å². The summed E-state index contributed by atoms with van der Waals surface area (Å²) in [6, 6.07) is 5.48. The maximum absolute atomic E-state index is 12.4. The predicted molar refractivity (Wildman–Crippen MR) is 78.0 cm³/mol. The number of hydrogen-bond acceptors (Lipinski definition) is 4. The van der Waals surface area contributed by atoms with Crippen molar-refractivity contribution in [1.29, 1.82) is 0 Å². The molecule has 1 N–H and O–H groups in total. The molecule has 118 valence electrons. The van der Waals surface area contributed by atoms with Crippen molar-refractivity contribution in [3.63, 3.8) is 0 Å². The molecular weight excluding hydrogens is 286 g/mol. The molecule has 1 aromatic carbocycles. The fourth-order valence-corrected chi connectivity index (χ4v) is 2.98. The van der Waals surface area contributed by atoms with Gasteiger partial charge in [0.05, 0.1) is 12.3 Å². The van der Waals surface area contributed by atoms with Crippen LogP contribution in [0.5, 0.6) is 11.5 Å². The van der Waals surface area contributed by atoms with E-state index < -0.39 is 11.9 Å². The van der Waals surface area contributed by atoms with Crippen LogP contribution in [0, 0.1) is 11.8 Å². The second kappa shape index (κ2) is 5.87. The monoisotopic (exact) mass is 305 g/mol. The number of aliphatic carboxylic acids is 1. The lowest BCUT2D eigenvalue weighted by molar-refractivity contribution is -0.142. The number of amides is 1. The fourth-order valence-electron chi connectivity index (χ4n) is 2.98. The van der Waals surface area contributed by atoms with Gasteiger partial charge in [-0.1, -0.05) is 13.0 Å². The van der Waals surface area contributed by atoms with Crippen LogP contribution in [0.1, 0.15) is 12.5 Å². The summed E-state index contributed by atoms with van der Waals surface area (Å²) < 4.78 is 11.0. The molecule has 0 aromatic heterocycles. The Morgan fingerprint density at radius 2 is 1.95 bits per heavy atom. The van der Waals surface area contributed by atoms with E-state index >= 15 is 0 Å². The Morgan fingerprint density at radius 1 is 1.23 bits per heavy atom. The molecule has 1 aromatic rings. The Labute approximate surface area is 128 Å². The van der Waals surface area contributed by atoms with Gasteiger partial charge in [-0.3, -0.25) is 9.59 Å². The van der Waals surface area contributed by atoms with Crippen molar-refractivity contribution in [3.05, 3.63) is 23.8 Å². The van der Waals surface area contributed by atoms with Crippen LogP contribution in [0.2, 0.25) is 0 Å². The average Bonchev–Trinajstić information content (AvgIpc) is 2.89. The summed E-state index contributed by atoms with van der Waals surface area (Å²) in [4.78, 5) is 25.1. The largest absolute Gasteiger partial charge is 0.486 e. The molecule has 1 fully saturated rings. The van der Waals surface area contributed by atoms with Crippen LogP contribution in [0.3, 0.4) is 0 Å². The fraction of sp³-hybridized carbons (Fsp3) is 0.500. The molecule has 3 rings (SSSR count). The number of carbonyl (C=O) groups excluding carboxylic acids is 1. The number of likely N-dealkylation sites (tertiary alicyclic amines) is 1. The summed E-state index contributed by atoms with van der Waals surface area (Å²) >= 11 is 0. The Balaban J connectivity index is 1.66. The maximum Gasteiger partial charge on any atom is 0.308 e. The van der Waals surface area contributed by atoms with Gasteiger partial charge in [-0.2, -0.15) is 0 Å². The number of carbonyl (C=O) groups is 2. The molecule has 2 heterocycles. The number of ether oxygens (including phenoxy) is 2. The third kappa shape index (κ3) is 2.86. The Morgan fingerprint density at radius 3 is 2.64 bits per heavy atom. The van der Waals surface area contributed by atoms with Crippen LogP contribution >= 0.6 is 0 Å². The van der Waals surface area contributed by atoms with Gasteiger partial charge in [-0.25, -0.2) is 0 Å². The Hall–Kier alpha value is -2.24. The molecule has 0 spiro atoms. The molecule has 0 unspecified atom stereocenters. The molecular formula is C16H19NO5. The highest BCUT2D eigenvalue weighted by molar-refractivity contribution is 5.81. The summed E-state index contributed by atoms with van der Waals surface area (Å²) in [7, 11) is 0. The van der Waals surface area contributed by atoms with E-state index in [4.69, 9.17) is 14.6 Å². The van der Waals surface area contributed by atoms with Crippen LogP contribution in [0.4, 0.5) is 0 Å². The first kappa shape index (κ1) is 14.7. The summed E-state index contributed by atoms with van der Waals surface area (Å²) in [5, 5.41) is 9.14. The second-order valence-electron chi connectivity index (χ2n) is 5.88. The van der Waals surface area contributed by atoms with Crippen LogP contribution in [-0.2, 0) is 16.0 Å². The van der Waals surface area contributed by atoms with Crippen molar-refractivity contribution in [2.24, 2.45) is 11.8 Å².